The largest absolute Gasteiger partial charge is 0.465 e. The number of hydrogen-bond acceptors (Lipinski definition) is 3. The van der Waals surface area contributed by atoms with Gasteiger partial charge in [-0.1, -0.05) is 91.9 Å². The van der Waals surface area contributed by atoms with Crippen LogP contribution in [0.4, 0.5) is 0 Å². The van der Waals surface area contributed by atoms with Crippen LogP contribution in [-0.4, -0.2) is 19.0 Å². The molecule has 31 heavy (non-hydrogen) atoms. The zero-order chi connectivity index (χ0) is 22.1. The van der Waals surface area contributed by atoms with E-state index in [1.165, 1.54) is 7.11 Å². The van der Waals surface area contributed by atoms with E-state index in [9.17, 15) is 9.59 Å². The van der Waals surface area contributed by atoms with Gasteiger partial charge in [-0.2, -0.15) is 0 Å². The van der Waals surface area contributed by atoms with Crippen LogP contribution in [0.3, 0.4) is 0 Å². The van der Waals surface area contributed by atoms with Gasteiger partial charge in [0.05, 0.1) is 18.6 Å². The molecule has 0 saturated carbocycles. The second kappa shape index (κ2) is 10.9. The van der Waals surface area contributed by atoms with Gasteiger partial charge in [0, 0.05) is 6.54 Å². The lowest BCUT2D eigenvalue weighted by Crippen LogP contribution is -2.32. The number of rotatable bonds is 8. The number of hydrogen-bond donors (Lipinski definition) is 1. The molecule has 1 N–H and O–H groups in total. The van der Waals surface area contributed by atoms with Gasteiger partial charge in [-0.05, 0) is 34.7 Å². The monoisotopic (exact) mass is 413 g/mol. The van der Waals surface area contributed by atoms with Crippen molar-refractivity contribution in [3.05, 3.63) is 113 Å². The highest BCUT2D eigenvalue weighted by molar-refractivity contribution is 5.90. The van der Waals surface area contributed by atoms with E-state index in [1.54, 1.807) is 12.1 Å². The minimum atomic E-state index is -0.395. The lowest BCUT2D eigenvalue weighted by molar-refractivity contribution is -0.123. The van der Waals surface area contributed by atoms with Crippen LogP contribution >= 0.6 is 0 Å². The van der Waals surface area contributed by atoms with Crippen molar-refractivity contribution in [1.29, 1.82) is 0 Å². The maximum absolute atomic E-state index is 13.2. The van der Waals surface area contributed by atoms with Crippen molar-refractivity contribution in [2.24, 2.45) is 5.92 Å². The van der Waals surface area contributed by atoms with E-state index in [-0.39, 0.29) is 11.8 Å². The summed E-state index contributed by atoms with van der Waals surface area (Å²) in [6.45, 7) is 2.49. The van der Waals surface area contributed by atoms with Gasteiger partial charge in [-0.3, -0.25) is 4.79 Å². The van der Waals surface area contributed by atoms with Crippen molar-refractivity contribution in [2.75, 3.05) is 7.11 Å². The SMILES string of the molecule is COC(=O)c1ccc([C@@H](C(=O)NCc2ccccc2)[C@@H](C)/C=C/c2ccccc2)cc1. The van der Waals surface area contributed by atoms with Crippen LogP contribution in [0.15, 0.2) is 91.0 Å². The Balaban J connectivity index is 1.82. The summed E-state index contributed by atoms with van der Waals surface area (Å²) in [6, 6.07) is 26.9. The Bertz CT molecular complexity index is 1010. The molecule has 0 saturated heterocycles. The topological polar surface area (TPSA) is 55.4 Å². The van der Waals surface area contributed by atoms with E-state index in [4.69, 9.17) is 4.74 Å². The van der Waals surface area contributed by atoms with Gasteiger partial charge in [0.15, 0.2) is 0 Å². The first kappa shape index (κ1) is 22.0. The Labute approximate surface area is 183 Å². The maximum atomic E-state index is 13.2. The Morgan fingerprint density at radius 3 is 2.13 bits per heavy atom. The number of carbonyl (C=O) groups is 2. The highest BCUT2D eigenvalue weighted by atomic mass is 16.5. The van der Waals surface area contributed by atoms with Crippen LogP contribution in [0, 0.1) is 5.92 Å². The standard InChI is InChI=1S/C27H27NO3/c1-20(13-14-21-9-5-3-6-10-21)25(23-15-17-24(18-16-23)27(30)31-2)26(29)28-19-22-11-7-4-8-12-22/h3-18,20,25H,19H2,1-2H3,(H,28,29)/b14-13+/t20-,25-/m0/s1. The van der Waals surface area contributed by atoms with Crippen molar-refractivity contribution in [3.8, 4) is 0 Å². The van der Waals surface area contributed by atoms with Crippen molar-refractivity contribution < 1.29 is 14.3 Å². The molecule has 0 aliphatic carbocycles. The molecule has 0 heterocycles. The van der Waals surface area contributed by atoms with Crippen LogP contribution in [0.5, 0.6) is 0 Å². The molecule has 3 rings (SSSR count). The van der Waals surface area contributed by atoms with Crippen LogP contribution in [0.2, 0.25) is 0 Å². The summed E-state index contributed by atoms with van der Waals surface area (Å²) in [5.41, 5.74) is 3.44. The van der Waals surface area contributed by atoms with Crippen molar-refractivity contribution in [1.82, 2.24) is 5.32 Å². The van der Waals surface area contributed by atoms with Crippen molar-refractivity contribution in [3.63, 3.8) is 0 Å². The summed E-state index contributed by atoms with van der Waals surface area (Å²) in [5, 5.41) is 3.06. The highest BCUT2D eigenvalue weighted by Gasteiger charge is 2.25. The average Bonchev–Trinajstić information content (AvgIpc) is 2.83. The molecule has 1 amide bonds. The number of benzene rings is 3. The first-order valence-electron chi connectivity index (χ1n) is 10.3. The zero-order valence-corrected chi connectivity index (χ0v) is 17.8. The first-order chi connectivity index (χ1) is 15.1. The summed E-state index contributed by atoms with van der Waals surface area (Å²) in [6.07, 6.45) is 4.08. The molecule has 4 heteroatoms. The Morgan fingerprint density at radius 2 is 1.52 bits per heavy atom. The Hall–Kier alpha value is -3.66. The summed E-state index contributed by atoms with van der Waals surface area (Å²) >= 11 is 0. The third kappa shape index (κ3) is 6.16. The Kier molecular flexibility index (Phi) is 7.77. The molecule has 0 spiro atoms. The quantitative estimate of drug-likeness (QED) is 0.515. The first-order valence-corrected chi connectivity index (χ1v) is 10.3. The molecule has 2 atom stereocenters. The second-order valence-electron chi connectivity index (χ2n) is 7.42. The van der Waals surface area contributed by atoms with E-state index in [0.29, 0.717) is 12.1 Å². The molecule has 0 aromatic heterocycles. The van der Waals surface area contributed by atoms with E-state index < -0.39 is 11.9 Å². The number of ether oxygens (including phenoxy) is 1. The lowest BCUT2D eigenvalue weighted by atomic mass is 9.85. The normalized spacial score (nSPS) is 12.8. The summed E-state index contributed by atoms with van der Waals surface area (Å²) in [4.78, 5) is 25.0. The van der Waals surface area contributed by atoms with E-state index in [2.05, 4.69) is 11.4 Å². The number of allylic oxidation sites excluding steroid dienone is 1. The van der Waals surface area contributed by atoms with E-state index in [1.807, 2.05) is 85.8 Å². The lowest BCUT2D eigenvalue weighted by Gasteiger charge is -2.22. The molecular formula is C27H27NO3. The number of carbonyl (C=O) groups excluding carboxylic acids is 2. The van der Waals surface area contributed by atoms with Gasteiger partial charge in [0.2, 0.25) is 5.91 Å². The maximum Gasteiger partial charge on any atom is 0.337 e. The minimum absolute atomic E-state index is 0.0556. The van der Waals surface area contributed by atoms with Gasteiger partial charge in [0.25, 0.3) is 0 Å². The molecule has 158 valence electrons. The van der Waals surface area contributed by atoms with Gasteiger partial charge >= 0.3 is 5.97 Å². The molecule has 0 radical (unpaired) electrons. The number of amides is 1. The summed E-state index contributed by atoms with van der Waals surface area (Å²) in [5.74, 6) is -0.899. The van der Waals surface area contributed by atoms with Crippen LogP contribution in [-0.2, 0) is 16.1 Å². The molecular weight excluding hydrogens is 386 g/mol. The summed E-state index contributed by atoms with van der Waals surface area (Å²) in [7, 11) is 1.35. The van der Waals surface area contributed by atoms with Crippen molar-refractivity contribution in [2.45, 2.75) is 19.4 Å². The fraction of sp³-hybridized carbons (Fsp3) is 0.185. The van der Waals surface area contributed by atoms with Gasteiger partial charge in [0.1, 0.15) is 0 Å². The van der Waals surface area contributed by atoms with Gasteiger partial charge in [-0.25, -0.2) is 4.79 Å². The third-order valence-electron chi connectivity index (χ3n) is 5.20. The van der Waals surface area contributed by atoms with Gasteiger partial charge < -0.3 is 10.1 Å². The third-order valence-corrected chi connectivity index (χ3v) is 5.20. The number of methoxy groups -OCH3 is 1. The molecule has 0 unspecified atom stereocenters. The molecule has 0 bridgehead atoms. The van der Waals surface area contributed by atoms with Crippen LogP contribution in [0.1, 0.15) is 39.9 Å². The predicted molar refractivity (Wildman–Crippen MR) is 123 cm³/mol. The molecule has 3 aromatic rings. The van der Waals surface area contributed by atoms with Crippen molar-refractivity contribution >= 4 is 18.0 Å². The second-order valence-corrected chi connectivity index (χ2v) is 7.42. The fourth-order valence-electron chi connectivity index (χ4n) is 3.47. The molecule has 0 fully saturated rings. The van der Waals surface area contributed by atoms with E-state index >= 15 is 0 Å². The van der Waals surface area contributed by atoms with E-state index in [0.717, 1.165) is 16.7 Å². The zero-order valence-electron chi connectivity index (χ0n) is 17.8. The smallest absolute Gasteiger partial charge is 0.337 e. The van der Waals surface area contributed by atoms with Gasteiger partial charge in [-0.15, -0.1) is 0 Å². The Morgan fingerprint density at radius 1 is 0.903 bits per heavy atom. The molecule has 3 aromatic carbocycles. The average molecular weight is 414 g/mol. The van der Waals surface area contributed by atoms with Crippen LogP contribution in [0.25, 0.3) is 6.08 Å². The van der Waals surface area contributed by atoms with Crippen LogP contribution < -0.4 is 5.32 Å². The fourth-order valence-corrected chi connectivity index (χ4v) is 3.47. The molecule has 4 nitrogen and oxygen atoms in total. The highest BCUT2D eigenvalue weighted by Crippen LogP contribution is 2.27. The number of esters is 1. The minimum Gasteiger partial charge on any atom is -0.465 e. The number of nitrogens with one attached hydrogen (secondary N) is 1. The predicted octanol–water partition coefficient (Wildman–Crippen LogP) is 5.22. The summed E-state index contributed by atoms with van der Waals surface area (Å²) < 4.78 is 4.78. The molecule has 0 aliphatic rings. The molecule has 0 aliphatic heterocycles.